The highest BCUT2D eigenvalue weighted by atomic mass is 35.5. The quantitative estimate of drug-likeness (QED) is 0.668. The second kappa shape index (κ2) is 7.27. The number of benzene rings is 1. The smallest absolute Gasteiger partial charge is 0.307 e. The summed E-state index contributed by atoms with van der Waals surface area (Å²) in [4.78, 5) is 23.7. The normalized spacial score (nSPS) is 18.3. The molecule has 1 aromatic rings. The first-order valence-corrected chi connectivity index (χ1v) is 7.35. The van der Waals surface area contributed by atoms with Crippen LogP contribution in [0.25, 0.3) is 0 Å². The Kier molecular flexibility index (Phi) is 5.39. The van der Waals surface area contributed by atoms with E-state index in [0.717, 1.165) is 12.8 Å². The van der Waals surface area contributed by atoms with Crippen LogP contribution in [0.2, 0.25) is 5.02 Å². The number of ether oxygens (including phenoxy) is 1. The van der Waals surface area contributed by atoms with Gasteiger partial charge in [0.15, 0.2) is 6.10 Å². The summed E-state index contributed by atoms with van der Waals surface area (Å²) < 4.78 is 5.16. The number of allylic oxidation sites excluding steroid dienone is 2. The lowest BCUT2D eigenvalue weighted by Gasteiger charge is -2.15. The van der Waals surface area contributed by atoms with Gasteiger partial charge in [0.1, 0.15) is 0 Å². The Hall–Kier alpha value is -1.81. The third-order valence-electron chi connectivity index (χ3n) is 3.35. The first kappa shape index (κ1) is 15.6. The highest BCUT2D eigenvalue weighted by Gasteiger charge is 2.21. The molecule has 1 amide bonds. The van der Waals surface area contributed by atoms with Crippen LogP contribution in [0, 0.1) is 5.92 Å². The summed E-state index contributed by atoms with van der Waals surface area (Å²) in [5, 5.41) is 3.09. The van der Waals surface area contributed by atoms with Crippen molar-refractivity contribution in [3.05, 3.63) is 41.4 Å². The molecule has 112 valence electrons. The van der Waals surface area contributed by atoms with Crippen molar-refractivity contribution in [1.29, 1.82) is 0 Å². The molecular weight excluding hydrogens is 290 g/mol. The lowest BCUT2D eigenvalue weighted by Crippen LogP contribution is -2.30. The monoisotopic (exact) mass is 307 g/mol. The molecule has 4 nitrogen and oxygen atoms in total. The number of rotatable bonds is 5. The fourth-order valence-corrected chi connectivity index (χ4v) is 2.36. The average molecular weight is 308 g/mol. The maximum Gasteiger partial charge on any atom is 0.307 e. The van der Waals surface area contributed by atoms with E-state index >= 15 is 0 Å². The molecular formula is C16H18ClNO3. The van der Waals surface area contributed by atoms with Gasteiger partial charge in [0.05, 0.1) is 17.1 Å². The minimum absolute atomic E-state index is 0.233. The van der Waals surface area contributed by atoms with E-state index in [1.54, 1.807) is 31.2 Å². The second-order valence-electron chi connectivity index (χ2n) is 5.07. The zero-order valence-electron chi connectivity index (χ0n) is 11.8. The molecule has 0 heterocycles. The first-order valence-electron chi connectivity index (χ1n) is 6.98. The van der Waals surface area contributed by atoms with Gasteiger partial charge in [-0.3, -0.25) is 9.59 Å². The van der Waals surface area contributed by atoms with Gasteiger partial charge in [0.25, 0.3) is 5.91 Å². The van der Waals surface area contributed by atoms with Gasteiger partial charge in [0.2, 0.25) is 0 Å². The van der Waals surface area contributed by atoms with Gasteiger partial charge in [-0.1, -0.05) is 35.9 Å². The van der Waals surface area contributed by atoms with Gasteiger partial charge >= 0.3 is 5.97 Å². The summed E-state index contributed by atoms with van der Waals surface area (Å²) in [5.41, 5.74) is 0.505. The van der Waals surface area contributed by atoms with Crippen LogP contribution in [0.3, 0.4) is 0 Å². The highest BCUT2D eigenvalue weighted by Crippen LogP contribution is 2.22. The molecule has 0 bridgehead atoms. The molecule has 0 aromatic heterocycles. The van der Waals surface area contributed by atoms with Crippen LogP contribution in [0.4, 0.5) is 5.69 Å². The summed E-state index contributed by atoms with van der Waals surface area (Å²) in [6.45, 7) is 1.55. The minimum atomic E-state index is -0.848. The summed E-state index contributed by atoms with van der Waals surface area (Å²) in [7, 11) is 0. The van der Waals surface area contributed by atoms with E-state index in [1.807, 2.05) is 6.08 Å². The minimum Gasteiger partial charge on any atom is -0.453 e. The van der Waals surface area contributed by atoms with Crippen molar-refractivity contribution in [3.8, 4) is 0 Å². The molecule has 0 radical (unpaired) electrons. The molecule has 1 aliphatic carbocycles. The molecule has 0 saturated heterocycles. The molecule has 5 heteroatoms. The number of nitrogens with one attached hydrogen (secondary N) is 1. The molecule has 1 aliphatic rings. The summed E-state index contributed by atoms with van der Waals surface area (Å²) in [6.07, 6.45) is 5.52. The molecule has 0 unspecified atom stereocenters. The predicted octanol–water partition coefficient (Wildman–Crippen LogP) is 3.57. The van der Waals surface area contributed by atoms with E-state index < -0.39 is 12.0 Å². The third-order valence-corrected chi connectivity index (χ3v) is 3.68. The van der Waals surface area contributed by atoms with Crippen LogP contribution >= 0.6 is 11.6 Å². The van der Waals surface area contributed by atoms with Gasteiger partial charge in [-0.25, -0.2) is 0 Å². The number of esters is 1. The van der Waals surface area contributed by atoms with Crippen LogP contribution in [0.15, 0.2) is 36.4 Å². The molecule has 0 aliphatic heterocycles. The predicted molar refractivity (Wildman–Crippen MR) is 82.1 cm³/mol. The Labute approximate surface area is 129 Å². The van der Waals surface area contributed by atoms with Crippen molar-refractivity contribution in [1.82, 2.24) is 0 Å². The van der Waals surface area contributed by atoms with E-state index in [9.17, 15) is 9.59 Å². The number of hydrogen-bond acceptors (Lipinski definition) is 3. The zero-order valence-corrected chi connectivity index (χ0v) is 12.6. The number of anilines is 1. The van der Waals surface area contributed by atoms with Crippen LogP contribution in [0.1, 0.15) is 26.2 Å². The second-order valence-corrected chi connectivity index (χ2v) is 5.48. The largest absolute Gasteiger partial charge is 0.453 e. The number of hydrogen-bond donors (Lipinski definition) is 1. The van der Waals surface area contributed by atoms with Gasteiger partial charge in [-0.05, 0) is 37.8 Å². The first-order chi connectivity index (χ1) is 10.1. The summed E-state index contributed by atoms with van der Waals surface area (Å²) in [5.74, 6) is -0.511. The Morgan fingerprint density at radius 2 is 2.19 bits per heavy atom. The Morgan fingerprint density at radius 1 is 1.43 bits per heavy atom. The van der Waals surface area contributed by atoms with E-state index in [0.29, 0.717) is 17.1 Å². The van der Waals surface area contributed by atoms with Crippen molar-refractivity contribution >= 4 is 29.2 Å². The van der Waals surface area contributed by atoms with Crippen molar-refractivity contribution in [3.63, 3.8) is 0 Å². The van der Waals surface area contributed by atoms with E-state index in [4.69, 9.17) is 16.3 Å². The highest BCUT2D eigenvalue weighted by molar-refractivity contribution is 6.33. The molecule has 0 spiro atoms. The average Bonchev–Trinajstić information content (AvgIpc) is 2.93. The van der Waals surface area contributed by atoms with Gasteiger partial charge in [-0.2, -0.15) is 0 Å². The molecule has 2 atom stereocenters. The molecule has 2 rings (SSSR count). The maximum absolute atomic E-state index is 12.0. The molecule has 1 aromatic carbocycles. The van der Waals surface area contributed by atoms with Gasteiger partial charge in [0, 0.05) is 0 Å². The SMILES string of the molecule is C[C@@H](OC(=O)C[C@H]1C=CCC1)C(=O)Nc1ccccc1Cl. The standard InChI is InChI=1S/C16H18ClNO3/c1-11(21-15(19)10-12-6-2-3-7-12)16(20)18-14-9-5-4-8-13(14)17/h2,4-6,8-9,11-12H,3,7,10H2,1H3,(H,18,20)/t11-,12+/m1/s1. The molecule has 1 N–H and O–H groups in total. The van der Waals surface area contributed by atoms with E-state index in [-0.39, 0.29) is 11.9 Å². The van der Waals surface area contributed by atoms with E-state index in [1.165, 1.54) is 0 Å². The Morgan fingerprint density at radius 3 is 2.86 bits per heavy atom. The van der Waals surface area contributed by atoms with Crippen molar-refractivity contribution in [2.45, 2.75) is 32.3 Å². The van der Waals surface area contributed by atoms with Gasteiger partial charge < -0.3 is 10.1 Å². The lowest BCUT2D eigenvalue weighted by molar-refractivity contribution is -0.153. The fraction of sp³-hybridized carbons (Fsp3) is 0.375. The van der Waals surface area contributed by atoms with Crippen molar-refractivity contribution in [2.75, 3.05) is 5.32 Å². The summed E-state index contributed by atoms with van der Waals surface area (Å²) >= 11 is 5.96. The maximum atomic E-state index is 12.0. The summed E-state index contributed by atoms with van der Waals surface area (Å²) in [6, 6.07) is 6.92. The number of halogens is 1. The van der Waals surface area contributed by atoms with Crippen LogP contribution in [0.5, 0.6) is 0 Å². The molecule has 0 fully saturated rings. The van der Waals surface area contributed by atoms with Crippen LogP contribution in [-0.2, 0) is 14.3 Å². The van der Waals surface area contributed by atoms with Crippen molar-refractivity contribution < 1.29 is 14.3 Å². The Bertz CT molecular complexity index is 556. The van der Waals surface area contributed by atoms with Crippen LogP contribution < -0.4 is 5.32 Å². The zero-order chi connectivity index (χ0) is 15.2. The van der Waals surface area contributed by atoms with Crippen LogP contribution in [-0.4, -0.2) is 18.0 Å². The molecule has 0 saturated carbocycles. The number of carbonyl (C=O) groups is 2. The number of para-hydroxylation sites is 1. The Balaban J connectivity index is 1.83. The van der Waals surface area contributed by atoms with Gasteiger partial charge in [-0.15, -0.1) is 0 Å². The lowest BCUT2D eigenvalue weighted by atomic mass is 10.1. The number of carbonyl (C=O) groups excluding carboxylic acids is 2. The third kappa shape index (κ3) is 4.60. The molecule has 21 heavy (non-hydrogen) atoms. The topological polar surface area (TPSA) is 55.4 Å². The van der Waals surface area contributed by atoms with Crippen molar-refractivity contribution in [2.24, 2.45) is 5.92 Å². The number of amides is 1. The fourth-order valence-electron chi connectivity index (χ4n) is 2.18. The van der Waals surface area contributed by atoms with E-state index in [2.05, 4.69) is 11.4 Å².